The van der Waals surface area contributed by atoms with Gasteiger partial charge in [-0.15, -0.1) is 0 Å². The predicted molar refractivity (Wildman–Crippen MR) is 248 cm³/mol. The van der Waals surface area contributed by atoms with Crippen LogP contribution in [0, 0.1) is 5.41 Å². The molecule has 1 saturated carbocycles. The number of nitrogens with two attached hydrogens (primary N) is 2. The van der Waals surface area contributed by atoms with Gasteiger partial charge in [-0.05, 0) is 78.3 Å². The molecule has 64 heavy (non-hydrogen) atoms. The van der Waals surface area contributed by atoms with Crippen molar-refractivity contribution in [1.82, 2.24) is 31.5 Å². The zero-order chi connectivity index (χ0) is 46.1. The lowest BCUT2D eigenvalue weighted by molar-refractivity contribution is -0.143. The molecule has 0 aromatic heterocycles. The summed E-state index contributed by atoms with van der Waals surface area (Å²) >= 11 is 0. The maximum absolute atomic E-state index is 14.7. The largest absolute Gasteiger partial charge is 0.370 e. The summed E-state index contributed by atoms with van der Waals surface area (Å²) in [6, 6.07) is 29.2. The second-order valence-corrected chi connectivity index (χ2v) is 16.7. The minimum Gasteiger partial charge on any atom is -0.370 e. The van der Waals surface area contributed by atoms with E-state index in [0.717, 1.165) is 28.3 Å². The summed E-state index contributed by atoms with van der Waals surface area (Å²) in [6.07, 6.45) is 4.27. The first kappa shape index (κ1) is 48.3. The molecule has 3 atom stereocenters. The fourth-order valence-electron chi connectivity index (χ4n) is 8.35. The zero-order valence-corrected chi connectivity index (χ0v) is 36.9. The highest BCUT2D eigenvalue weighted by Crippen LogP contribution is 2.38. The summed E-state index contributed by atoms with van der Waals surface area (Å²) in [5.41, 5.74) is 12.3. The van der Waals surface area contributed by atoms with Gasteiger partial charge in [0.2, 0.25) is 35.4 Å². The Morgan fingerprint density at radius 1 is 0.750 bits per heavy atom. The fraction of sp³-hybridized carbons (Fsp3) is 0.408. The number of nitrogens with zero attached hydrogens (tertiary/aromatic N) is 1. The normalized spacial score (nSPS) is 17.2. The molecule has 10 N–H and O–H groups in total. The molecule has 1 fully saturated rings. The molecule has 0 spiro atoms. The van der Waals surface area contributed by atoms with E-state index in [-0.39, 0.29) is 50.0 Å². The highest BCUT2D eigenvalue weighted by molar-refractivity contribution is 5.97. The summed E-state index contributed by atoms with van der Waals surface area (Å²) < 4.78 is 0. The van der Waals surface area contributed by atoms with Crippen LogP contribution in [0.1, 0.15) is 87.3 Å². The molecule has 6 amide bonds. The first-order chi connectivity index (χ1) is 30.8. The van der Waals surface area contributed by atoms with Crippen LogP contribution >= 0.6 is 0 Å². The Labute approximate surface area is 375 Å². The van der Waals surface area contributed by atoms with Crippen LogP contribution in [-0.4, -0.2) is 90.1 Å². The Morgan fingerprint density at radius 3 is 2.06 bits per heavy atom. The molecule has 0 bridgehead atoms. The van der Waals surface area contributed by atoms with Crippen molar-refractivity contribution < 1.29 is 28.8 Å². The van der Waals surface area contributed by atoms with Gasteiger partial charge < -0.3 is 43.0 Å². The van der Waals surface area contributed by atoms with Gasteiger partial charge in [-0.25, -0.2) is 0 Å². The molecule has 340 valence electrons. The minimum absolute atomic E-state index is 0.0745. The lowest BCUT2D eigenvalue weighted by atomic mass is 9.73. The Balaban J connectivity index is 1.43. The number of unbranched alkanes of at least 4 members (excludes halogenated alkanes) is 1. The standard InChI is InChI=1S/C49H63N9O6/c1-3-4-21-43(60)57-49(26-24-37(25-27-49)35-16-9-6-10-17-35)47(64)56-40(30-33-14-7-5-8-15-33)44(61)55-39(20-13-28-53-48(51)52)46(63)58(2)41(45(62)54-32-42(50)59)31-34-22-23-36-18-11-12-19-38(36)29-34/h5-12,14-19,22-23,29,37,39-41H,3-4,13,20-21,24-28,30-32H2,1-2H3,(H2,50,59)(H,54,62)(H,55,61)(H,56,64)(H,57,60)(H4,51,52,53)/t37-,39-,40+,41-,49+/m0/s1. The van der Waals surface area contributed by atoms with Gasteiger partial charge in [-0.2, -0.15) is 0 Å². The van der Waals surface area contributed by atoms with Crippen LogP contribution in [0.2, 0.25) is 0 Å². The van der Waals surface area contributed by atoms with Crippen LogP contribution < -0.4 is 38.1 Å². The van der Waals surface area contributed by atoms with Gasteiger partial charge in [0.05, 0.1) is 6.54 Å². The number of carbonyl (C=O) groups is 6. The maximum atomic E-state index is 14.7. The number of likely N-dealkylation sites (N-methyl/N-ethyl adjacent to an activating group) is 1. The highest BCUT2D eigenvalue weighted by atomic mass is 16.2. The minimum atomic E-state index is -1.27. The van der Waals surface area contributed by atoms with E-state index in [1.807, 2.05) is 97.9 Å². The van der Waals surface area contributed by atoms with Crippen LogP contribution in [0.15, 0.2) is 103 Å². The molecule has 4 aromatic carbocycles. The van der Waals surface area contributed by atoms with Crippen LogP contribution in [0.25, 0.3) is 10.8 Å². The Hall–Kier alpha value is -6.77. The number of hydrogen-bond donors (Lipinski definition) is 8. The van der Waals surface area contributed by atoms with Gasteiger partial charge >= 0.3 is 0 Å². The van der Waals surface area contributed by atoms with Crippen molar-refractivity contribution in [2.75, 3.05) is 20.1 Å². The average Bonchev–Trinajstić information content (AvgIpc) is 3.30. The molecule has 0 aliphatic heterocycles. The fourth-order valence-corrected chi connectivity index (χ4v) is 8.35. The molecule has 0 heterocycles. The summed E-state index contributed by atoms with van der Waals surface area (Å²) in [6.45, 7) is 1.76. The van der Waals surface area contributed by atoms with Crippen molar-refractivity contribution >= 4 is 52.2 Å². The number of carbonyl (C=O) groups excluding carboxylic acids is 6. The predicted octanol–water partition coefficient (Wildman–Crippen LogP) is 3.69. The third-order valence-corrected chi connectivity index (χ3v) is 12.0. The first-order valence-electron chi connectivity index (χ1n) is 22.2. The number of nitrogens with one attached hydrogen (secondary N) is 6. The van der Waals surface area contributed by atoms with Gasteiger partial charge in [0.25, 0.3) is 0 Å². The summed E-state index contributed by atoms with van der Waals surface area (Å²) in [5, 5.41) is 23.8. The SMILES string of the molecule is CCCCC(=O)N[C@]1(C(=O)N[C@H](Cc2ccccc2)C(=O)N[C@@H](CCCNC(=N)N)C(=O)N(C)[C@@H](Cc2ccc3ccccc3c2)C(=O)NCC(N)=O)CC[C@H](c2ccccc2)CC1. The van der Waals surface area contributed by atoms with E-state index in [1.165, 1.54) is 17.5 Å². The van der Waals surface area contributed by atoms with Gasteiger partial charge in [0, 0.05) is 32.9 Å². The molecule has 0 radical (unpaired) electrons. The maximum Gasteiger partial charge on any atom is 0.246 e. The van der Waals surface area contributed by atoms with E-state index in [4.69, 9.17) is 16.9 Å². The molecule has 5 rings (SSSR count). The Morgan fingerprint density at radius 2 is 1.41 bits per heavy atom. The van der Waals surface area contributed by atoms with Gasteiger partial charge in [0.1, 0.15) is 23.7 Å². The number of hydrogen-bond acceptors (Lipinski definition) is 7. The van der Waals surface area contributed by atoms with E-state index >= 15 is 0 Å². The number of benzene rings is 4. The van der Waals surface area contributed by atoms with Crippen LogP contribution in [-0.2, 0) is 41.6 Å². The molecular weight excluding hydrogens is 811 g/mol. The van der Waals surface area contributed by atoms with Gasteiger partial charge in [0.15, 0.2) is 5.96 Å². The summed E-state index contributed by atoms with van der Waals surface area (Å²) in [5.74, 6) is -3.39. The quantitative estimate of drug-likeness (QED) is 0.0328. The van der Waals surface area contributed by atoms with E-state index in [0.29, 0.717) is 38.5 Å². The smallest absolute Gasteiger partial charge is 0.246 e. The van der Waals surface area contributed by atoms with Gasteiger partial charge in [-0.1, -0.05) is 116 Å². The monoisotopic (exact) mass is 873 g/mol. The van der Waals surface area contributed by atoms with Crippen molar-refractivity contribution in [2.24, 2.45) is 11.5 Å². The van der Waals surface area contributed by atoms with Crippen molar-refractivity contribution in [3.05, 3.63) is 120 Å². The average molecular weight is 874 g/mol. The topological polar surface area (TPSA) is 242 Å². The van der Waals surface area contributed by atoms with E-state index in [2.05, 4.69) is 38.7 Å². The van der Waals surface area contributed by atoms with Crippen molar-refractivity contribution in [1.29, 1.82) is 5.41 Å². The number of rotatable bonds is 22. The molecule has 1 aliphatic carbocycles. The Bertz CT molecular complexity index is 2230. The van der Waals surface area contributed by atoms with Gasteiger partial charge in [-0.3, -0.25) is 34.2 Å². The number of primary amides is 1. The molecule has 4 aromatic rings. The molecule has 0 saturated heterocycles. The molecule has 0 unspecified atom stereocenters. The second-order valence-electron chi connectivity index (χ2n) is 16.7. The Kier molecular flexibility index (Phi) is 17.8. The van der Waals surface area contributed by atoms with E-state index in [1.54, 1.807) is 0 Å². The van der Waals surface area contributed by atoms with E-state index in [9.17, 15) is 28.8 Å². The second kappa shape index (κ2) is 23.6. The van der Waals surface area contributed by atoms with Crippen molar-refractivity contribution in [3.8, 4) is 0 Å². The third-order valence-electron chi connectivity index (χ3n) is 12.0. The number of fused-ring (bicyclic) bond motifs is 1. The molecule has 15 heteroatoms. The van der Waals surface area contributed by atoms with Crippen molar-refractivity contribution in [3.63, 3.8) is 0 Å². The molecular formula is C49H63N9O6. The van der Waals surface area contributed by atoms with Crippen LogP contribution in [0.4, 0.5) is 0 Å². The first-order valence-corrected chi connectivity index (χ1v) is 22.2. The summed E-state index contributed by atoms with van der Waals surface area (Å²) in [4.78, 5) is 84.1. The number of guanidine groups is 1. The molecule has 1 aliphatic rings. The van der Waals surface area contributed by atoms with E-state index < -0.39 is 59.7 Å². The van der Waals surface area contributed by atoms with Crippen molar-refractivity contribution in [2.45, 2.75) is 107 Å². The zero-order valence-electron chi connectivity index (χ0n) is 36.9. The lowest BCUT2D eigenvalue weighted by Crippen LogP contribution is -2.64. The third kappa shape index (κ3) is 13.9. The summed E-state index contributed by atoms with van der Waals surface area (Å²) in [7, 11) is 1.46. The molecule has 15 nitrogen and oxygen atoms in total. The lowest BCUT2D eigenvalue weighted by Gasteiger charge is -2.40. The highest BCUT2D eigenvalue weighted by Gasteiger charge is 2.45. The van der Waals surface area contributed by atoms with Crippen LogP contribution in [0.3, 0.4) is 0 Å². The van der Waals surface area contributed by atoms with Crippen LogP contribution in [0.5, 0.6) is 0 Å². The number of amides is 6.